The van der Waals surface area contributed by atoms with Crippen molar-refractivity contribution >= 4 is 23.7 Å². The van der Waals surface area contributed by atoms with Gasteiger partial charge in [0.1, 0.15) is 17.5 Å². The fourth-order valence-corrected chi connectivity index (χ4v) is 6.57. The Morgan fingerprint density at radius 3 is 2.46 bits per heavy atom. The summed E-state index contributed by atoms with van der Waals surface area (Å²) in [5.41, 5.74) is 5.48. The molecule has 2 amide bonds. The van der Waals surface area contributed by atoms with Crippen LogP contribution in [0.3, 0.4) is 0 Å². The average molecular weight is 655 g/mol. The summed E-state index contributed by atoms with van der Waals surface area (Å²) < 4.78 is 11.7. The van der Waals surface area contributed by atoms with Crippen molar-refractivity contribution in [3.8, 4) is 0 Å². The van der Waals surface area contributed by atoms with E-state index in [-0.39, 0.29) is 17.0 Å². The lowest BCUT2D eigenvalue weighted by molar-refractivity contribution is 0.0486. The summed E-state index contributed by atoms with van der Waals surface area (Å²) >= 11 is 0. The third kappa shape index (κ3) is 8.69. The number of cyclic esters (lactones) is 1. The highest BCUT2D eigenvalue weighted by Gasteiger charge is 2.55. The van der Waals surface area contributed by atoms with E-state index in [0.717, 1.165) is 66.9 Å². The van der Waals surface area contributed by atoms with Crippen LogP contribution in [0.1, 0.15) is 121 Å². The van der Waals surface area contributed by atoms with Crippen molar-refractivity contribution in [2.75, 3.05) is 11.9 Å². The van der Waals surface area contributed by atoms with Crippen molar-refractivity contribution in [1.82, 2.24) is 15.2 Å². The lowest BCUT2D eigenvalue weighted by Crippen LogP contribution is -2.38. The number of amides is 2. The van der Waals surface area contributed by atoms with Gasteiger partial charge < -0.3 is 20.1 Å². The quantitative estimate of drug-likeness (QED) is 0.189. The number of pyridine rings is 1. The average Bonchev–Trinajstić information content (AvgIpc) is 3.72. The van der Waals surface area contributed by atoms with Crippen molar-refractivity contribution in [3.05, 3.63) is 88.6 Å². The van der Waals surface area contributed by atoms with E-state index in [9.17, 15) is 9.59 Å². The number of nitrogens with zero attached hydrogens (tertiary/aromatic N) is 2. The number of carbonyl (C=O) groups is 2. The van der Waals surface area contributed by atoms with Gasteiger partial charge in [-0.2, -0.15) is 0 Å². The molecule has 2 N–H and O–H groups in total. The molecule has 0 bridgehead atoms. The predicted octanol–water partition coefficient (Wildman–Crippen LogP) is 9.63. The zero-order chi connectivity index (χ0) is 34.7. The monoisotopic (exact) mass is 654 g/mol. The summed E-state index contributed by atoms with van der Waals surface area (Å²) in [7, 11) is 0. The van der Waals surface area contributed by atoms with Crippen molar-refractivity contribution < 1.29 is 19.1 Å². The van der Waals surface area contributed by atoms with Crippen LogP contribution in [0, 0.1) is 6.92 Å². The second-order valence-electron chi connectivity index (χ2n) is 15.6. The highest BCUT2D eigenvalue weighted by atomic mass is 16.6. The number of nitrogens with one attached hydrogen (secondary N) is 2. The summed E-state index contributed by atoms with van der Waals surface area (Å²) in [6.07, 6.45) is 5.26. The van der Waals surface area contributed by atoms with Crippen LogP contribution in [0.5, 0.6) is 0 Å². The Labute approximate surface area is 287 Å². The number of hydrogen-bond donors (Lipinski definition) is 2. The molecule has 5 rings (SSSR count). The third-order valence-electron chi connectivity index (χ3n) is 9.30. The highest BCUT2D eigenvalue weighted by Crippen LogP contribution is 2.53. The van der Waals surface area contributed by atoms with Crippen LogP contribution in [-0.2, 0) is 26.8 Å². The summed E-state index contributed by atoms with van der Waals surface area (Å²) in [6.45, 7) is 16.8. The normalized spacial score (nSPS) is 17.9. The minimum Gasteiger partial charge on any atom is -0.444 e. The van der Waals surface area contributed by atoms with Gasteiger partial charge in [0.2, 0.25) is 0 Å². The van der Waals surface area contributed by atoms with Crippen molar-refractivity contribution in [1.29, 1.82) is 0 Å². The van der Waals surface area contributed by atoms with E-state index in [2.05, 4.69) is 79.7 Å². The lowest BCUT2D eigenvalue weighted by atomic mass is 9.85. The van der Waals surface area contributed by atoms with Crippen LogP contribution in [0.25, 0.3) is 0 Å². The van der Waals surface area contributed by atoms with Gasteiger partial charge in [-0.15, -0.1) is 0 Å². The molecule has 0 spiro atoms. The predicted molar refractivity (Wildman–Crippen MR) is 192 cm³/mol. The van der Waals surface area contributed by atoms with Gasteiger partial charge in [-0.25, -0.2) is 14.6 Å². The molecule has 1 saturated heterocycles. The minimum atomic E-state index is -0.648. The SMILES string of the molecule is CCCCCc1cc([C@H](C[C@@H]2CN(C3(c4cccc(C(C)(C)C)c4)CC3)C(=O)O2)NC(=O)OC(C)(C)C)ccc1Nc1cccc(C)n1. The number of carbonyl (C=O) groups excluding carboxylic acids is 2. The molecule has 3 aromatic rings. The summed E-state index contributed by atoms with van der Waals surface area (Å²) in [4.78, 5) is 33.2. The van der Waals surface area contributed by atoms with E-state index in [1.807, 2.05) is 56.9 Å². The molecule has 0 unspecified atom stereocenters. The molecule has 1 saturated carbocycles. The first-order chi connectivity index (χ1) is 22.7. The maximum Gasteiger partial charge on any atom is 0.410 e. The van der Waals surface area contributed by atoms with E-state index >= 15 is 0 Å². The molecule has 1 aliphatic carbocycles. The number of aromatic nitrogens is 1. The van der Waals surface area contributed by atoms with E-state index in [4.69, 9.17) is 9.47 Å². The number of rotatable bonds is 12. The van der Waals surface area contributed by atoms with Gasteiger partial charge in [0.05, 0.1) is 18.1 Å². The van der Waals surface area contributed by atoms with Crippen molar-refractivity contribution in [2.24, 2.45) is 0 Å². The fourth-order valence-electron chi connectivity index (χ4n) is 6.57. The second-order valence-corrected chi connectivity index (χ2v) is 15.6. The number of aryl methyl sites for hydroxylation is 2. The summed E-state index contributed by atoms with van der Waals surface area (Å²) in [5.74, 6) is 0.794. The zero-order valence-electron chi connectivity index (χ0n) is 30.1. The Balaban J connectivity index is 1.41. The molecule has 1 aliphatic heterocycles. The molecule has 2 heterocycles. The largest absolute Gasteiger partial charge is 0.444 e. The van der Waals surface area contributed by atoms with Gasteiger partial charge >= 0.3 is 12.2 Å². The van der Waals surface area contributed by atoms with E-state index in [1.54, 1.807) is 0 Å². The first-order valence-electron chi connectivity index (χ1n) is 17.6. The maximum atomic E-state index is 13.5. The molecule has 2 fully saturated rings. The molecule has 258 valence electrons. The standard InChI is InChI=1S/C40H54N4O4/c1-9-10-11-15-28-23-29(19-20-33(28)42-35-18-12-14-27(2)41-35)34(43-36(45)48-39(6,7)8)25-32-26-44(37(46)47-32)40(21-22-40)31-17-13-16-30(24-31)38(3,4)5/h12-14,16-20,23-24,32,34H,9-11,15,21-22,25-26H2,1-8H3,(H,41,42)(H,43,45)/t32-,34+/m1/s1. The van der Waals surface area contributed by atoms with Crippen LogP contribution in [0.15, 0.2) is 60.7 Å². The van der Waals surface area contributed by atoms with Crippen LogP contribution < -0.4 is 10.6 Å². The Morgan fingerprint density at radius 1 is 1.04 bits per heavy atom. The molecule has 1 aromatic heterocycles. The second kappa shape index (κ2) is 14.2. The Kier molecular flexibility index (Phi) is 10.4. The van der Waals surface area contributed by atoms with E-state index in [0.29, 0.717) is 13.0 Å². The lowest BCUT2D eigenvalue weighted by Gasteiger charge is -2.28. The van der Waals surface area contributed by atoms with Crippen LogP contribution >= 0.6 is 0 Å². The molecule has 2 aromatic carbocycles. The summed E-state index contributed by atoms with van der Waals surface area (Å²) in [6, 6.07) is 20.4. The first-order valence-corrected chi connectivity index (χ1v) is 17.6. The molecular formula is C40H54N4O4. The topological polar surface area (TPSA) is 92.8 Å². The van der Waals surface area contributed by atoms with Gasteiger partial charge in [0.25, 0.3) is 0 Å². The van der Waals surface area contributed by atoms with Gasteiger partial charge in [-0.1, -0.05) is 83.0 Å². The minimum absolute atomic E-state index is 0.0116. The number of benzene rings is 2. The Bertz CT molecular complexity index is 1600. The zero-order valence-corrected chi connectivity index (χ0v) is 30.1. The van der Waals surface area contributed by atoms with Gasteiger partial charge in [0, 0.05) is 17.8 Å². The third-order valence-corrected chi connectivity index (χ3v) is 9.30. The fraction of sp³-hybridized carbons (Fsp3) is 0.525. The Morgan fingerprint density at radius 2 is 1.79 bits per heavy atom. The van der Waals surface area contributed by atoms with E-state index < -0.39 is 23.8 Å². The molecule has 0 radical (unpaired) electrons. The van der Waals surface area contributed by atoms with Crippen LogP contribution in [0.2, 0.25) is 0 Å². The van der Waals surface area contributed by atoms with E-state index in [1.165, 1.54) is 11.1 Å². The molecule has 8 nitrogen and oxygen atoms in total. The van der Waals surface area contributed by atoms with Crippen molar-refractivity contribution in [2.45, 2.75) is 129 Å². The van der Waals surface area contributed by atoms with Gasteiger partial charge in [0.15, 0.2) is 0 Å². The summed E-state index contributed by atoms with van der Waals surface area (Å²) in [5, 5.41) is 6.64. The molecular weight excluding hydrogens is 600 g/mol. The molecule has 8 heteroatoms. The number of ether oxygens (including phenoxy) is 2. The molecule has 2 atom stereocenters. The number of alkyl carbamates (subject to hydrolysis) is 1. The van der Waals surface area contributed by atoms with Gasteiger partial charge in [-0.05, 0) is 99.2 Å². The smallest absolute Gasteiger partial charge is 0.410 e. The highest BCUT2D eigenvalue weighted by molar-refractivity contribution is 5.73. The number of anilines is 2. The van der Waals surface area contributed by atoms with Crippen molar-refractivity contribution in [3.63, 3.8) is 0 Å². The molecule has 48 heavy (non-hydrogen) atoms. The first kappa shape index (κ1) is 35.2. The van der Waals surface area contributed by atoms with Gasteiger partial charge in [-0.3, -0.25) is 4.90 Å². The van der Waals surface area contributed by atoms with Crippen LogP contribution in [-0.4, -0.2) is 40.3 Å². The number of hydrogen-bond acceptors (Lipinski definition) is 6. The number of unbranched alkanes of at least 4 members (excludes halogenated alkanes) is 2. The molecule has 2 aliphatic rings. The maximum absolute atomic E-state index is 13.5. The Hall–Kier alpha value is -4.07. The van der Waals surface area contributed by atoms with Crippen LogP contribution in [0.4, 0.5) is 21.1 Å².